The van der Waals surface area contributed by atoms with Crippen LogP contribution in [0.5, 0.6) is 5.75 Å². The summed E-state index contributed by atoms with van der Waals surface area (Å²) in [4.78, 5) is 48.5. The Morgan fingerprint density at radius 1 is 0.983 bits per heavy atom. The molecular weight excluding hydrogens is 757 g/mol. The normalized spacial score (nSPS) is 19.6. The van der Waals surface area contributed by atoms with Crippen molar-refractivity contribution >= 4 is 33.6 Å². The zero-order chi connectivity index (χ0) is 41.7. The van der Waals surface area contributed by atoms with E-state index in [4.69, 9.17) is 29.9 Å². The van der Waals surface area contributed by atoms with E-state index in [0.29, 0.717) is 38.6 Å². The van der Waals surface area contributed by atoms with Crippen LogP contribution < -0.4 is 15.8 Å². The van der Waals surface area contributed by atoms with Gasteiger partial charge in [0.15, 0.2) is 5.88 Å². The number of aromatic amines is 2. The number of hydrogen-bond donors (Lipinski definition) is 4. The molecule has 9 rings (SSSR count). The molecule has 6 aromatic rings. The average molecular weight is 809 g/mol. The number of nitrogens with one attached hydrogen (secondary N) is 3. The van der Waals surface area contributed by atoms with E-state index in [-0.39, 0.29) is 35.7 Å². The van der Waals surface area contributed by atoms with E-state index >= 15 is 0 Å². The van der Waals surface area contributed by atoms with Gasteiger partial charge < -0.3 is 45.0 Å². The molecule has 60 heavy (non-hydrogen) atoms. The highest BCUT2D eigenvalue weighted by Crippen LogP contribution is 2.44. The second-order valence-corrected chi connectivity index (χ2v) is 16.6. The van der Waals surface area contributed by atoms with E-state index in [0.717, 1.165) is 85.6 Å². The van der Waals surface area contributed by atoms with Crippen LogP contribution in [-0.4, -0.2) is 81.5 Å². The lowest BCUT2D eigenvalue weighted by Crippen LogP contribution is -2.46. The lowest BCUT2D eigenvalue weighted by atomic mass is 9.92. The van der Waals surface area contributed by atoms with Gasteiger partial charge in [0.05, 0.1) is 54.8 Å². The molecule has 3 aliphatic rings. The highest BCUT2D eigenvalue weighted by atomic mass is 16.5. The Kier molecular flexibility index (Phi) is 10.6. The Labute approximate surface area is 349 Å². The second-order valence-electron chi connectivity index (χ2n) is 16.6. The van der Waals surface area contributed by atoms with Gasteiger partial charge in [-0.05, 0) is 83.7 Å². The van der Waals surface area contributed by atoms with E-state index in [1.54, 1.807) is 7.11 Å². The number of imidazole rings is 2. The summed E-state index contributed by atoms with van der Waals surface area (Å²) in [5, 5.41) is 5.23. The summed E-state index contributed by atoms with van der Waals surface area (Å²) >= 11 is 0. The number of methoxy groups -OCH3 is 2. The maximum absolute atomic E-state index is 14.4. The molecule has 0 radical (unpaired) electrons. The van der Waals surface area contributed by atoms with E-state index in [9.17, 15) is 9.59 Å². The number of carbonyl (C=O) groups excluding carboxylic acids is 2. The van der Waals surface area contributed by atoms with Crippen molar-refractivity contribution in [3.8, 4) is 28.1 Å². The first kappa shape index (κ1) is 39.3. The maximum atomic E-state index is 14.4. The maximum Gasteiger partial charge on any atom is 0.250 e. The van der Waals surface area contributed by atoms with Crippen LogP contribution in [0.25, 0.3) is 44.2 Å². The molecule has 2 aromatic heterocycles. The van der Waals surface area contributed by atoms with Crippen molar-refractivity contribution in [1.29, 1.82) is 0 Å². The lowest BCUT2D eigenvalue weighted by Gasteiger charge is -2.29. The molecule has 0 aliphatic carbocycles. The van der Waals surface area contributed by atoms with E-state index in [2.05, 4.69) is 64.3 Å². The molecule has 0 spiro atoms. The van der Waals surface area contributed by atoms with Gasteiger partial charge in [0.1, 0.15) is 30.0 Å². The first-order valence-electron chi connectivity index (χ1n) is 20.8. The fraction of sp³-hybridized carbons (Fsp3) is 0.362. The first-order chi connectivity index (χ1) is 29.1. The molecule has 0 unspecified atom stereocenters. The van der Waals surface area contributed by atoms with Gasteiger partial charge in [0.2, 0.25) is 11.8 Å². The summed E-state index contributed by atoms with van der Waals surface area (Å²) < 4.78 is 17.3. The molecule has 5 atom stereocenters. The molecule has 13 nitrogen and oxygen atoms in total. The number of amides is 2. The third kappa shape index (κ3) is 7.15. The minimum atomic E-state index is -0.686. The van der Waals surface area contributed by atoms with Crippen LogP contribution in [0.1, 0.15) is 74.0 Å². The third-order valence-electron chi connectivity index (χ3n) is 12.4. The Balaban J connectivity index is 0.980. The fourth-order valence-corrected chi connectivity index (χ4v) is 9.18. The number of nitrogens with zero attached hydrogens (tertiary/aromatic N) is 4. The van der Waals surface area contributed by atoms with E-state index < -0.39 is 12.1 Å². The number of fused-ring (bicyclic) bond motifs is 6. The second kappa shape index (κ2) is 16.1. The van der Waals surface area contributed by atoms with Crippen molar-refractivity contribution in [1.82, 2.24) is 35.1 Å². The van der Waals surface area contributed by atoms with Crippen LogP contribution in [-0.2, 0) is 25.7 Å². The van der Waals surface area contributed by atoms with Gasteiger partial charge >= 0.3 is 0 Å². The molecule has 4 aromatic carbocycles. The molecule has 0 saturated carbocycles. The van der Waals surface area contributed by atoms with Gasteiger partial charge in [-0.1, -0.05) is 62.4 Å². The van der Waals surface area contributed by atoms with Crippen molar-refractivity contribution in [2.75, 3.05) is 33.9 Å². The highest BCUT2D eigenvalue weighted by Gasteiger charge is 2.41. The summed E-state index contributed by atoms with van der Waals surface area (Å²) in [5.74, 6) is 2.73. The number of hydrogen-bond acceptors (Lipinski definition) is 9. The SMILES string of the molecule is C=C(N[C@@H](C(=O)N1C[C@@H](COC)C[C@H]1c1ncc(-c2ccc3c(c2)COc2cc4c(ccc5[nH]c([C@@H]6CCCN6C(=O)[C@@H](N)C(C)C)nc54)cc2-3)[nH]1)c1ccccc1)OC. The van der Waals surface area contributed by atoms with Gasteiger partial charge in [0.25, 0.3) is 0 Å². The van der Waals surface area contributed by atoms with Crippen LogP contribution in [0.2, 0.25) is 0 Å². The predicted octanol–water partition coefficient (Wildman–Crippen LogP) is 7.30. The van der Waals surface area contributed by atoms with Crippen LogP contribution in [0.15, 0.2) is 91.5 Å². The zero-order valence-corrected chi connectivity index (χ0v) is 34.5. The number of H-pyrrole nitrogens is 2. The van der Waals surface area contributed by atoms with Crippen molar-refractivity contribution in [2.24, 2.45) is 17.6 Å². The standard InChI is InChI=1S/C47H52N8O5/c1-26(2)41(48)46(56)54-17-9-12-38(54)45-51-36-16-14-30-20-35-33-15-13-31(19-32(33)25-60-40(35)21-34(30)43(36)53-45)37-22-49-44(52-37)39-18-28(24-58-4)23-55(39)47(57)42(50-27(3)59-5)29-10-7-6-8-11-29/h6-8,10-11,13-16,19-22,26,28,38-39,41-42,50H,3,9,12,17-18,23-25,48H2,1-2,4-5H3,(H,49,52)(H,51,53)/t28-,38-,39-,41-,42+/m0/s1. The molecule has 5 N–H and O–H groups in total. The van der Waals surface area contributed by atoms with Gasteiger partial charge in [0, 0.05) is 37.1 Å². The molecule has 310 valence electrons. The molecule has 13 heteroatoms. The Bertz CT molecular complexity index is 2580. The number of aromatic nitrogens is 4. The fourth-order valence-electron chi connectivity index (χ4n) is 9.18. The van der Waals surface area contributed by atoms with Gasteiger partial charge in [-0.25, -0.2) is 9.97 Å². The summed E-state index contributed by atoms with van der Waals surface area (Å²) in [5.41, 5.74) is 13.9. The summed E-state index contributed by atoms with van der Waals surface area (Å²) in [6, 6.07) is 22.8. The number of likely N-dealkylation sites (tertiary alicyclic amines) is 2. The number of nitrogens with two attached hydrogens (primary N) is 1. The van der Waals surface area contributed by atoms with Crippen molar-refractivity contribution < 1.29 is 23.8 Å². The van der Waals surface area contributed by atoms with Crippen LogP contribution in [0.4, 0.5) is 0 Å². The largest absolute Gasteiger partial charge is 0.488 e. The van der Waals surface area contributed by atoms with Crippen molar-refractivity contribution in [3.05, 3.63) is 114 Å². The summed E-state index contributed by atoms with van der Waals surface area (Å²) in [7, 11) is 3.22. The van der Waals surface area contributed by atoms with Crippen LogP contribution in [0, 0.1) is 11.8 Å². The number of ether oxygens (including phenoxy) is 3. The molecule has 2 fully saturated rings. The Morgan fingerprint density at radius 3 is 2.60 bits per heavy atom. The minimum Gasteiger partial charge on any atom is -0.488 e. The molecule has 2 saturated heterocycles. The lowest BCUT2D eigenvalue weighted by molar-refractivity contribution is -0.135. The predicted molar refractivity (Wildman–Crippen MR) is 230 cm³/mol. The van der Waals surface area contributed by atoms with Gasteiger partial charge in [-0.2, -0.15) is 0 Å². The Hall–Kier alpha value is -6.18. The molecular formula is C47H52N8O5. The number of benzene rings is 4. The van der Waals surface area contributed by atoms with Crippen LogP contribution >= 0.6 is 0 Å². The molecule has 3 aliphatic heterocycles. The third-order valence-corrected chi connectivity index (χ3v) is 12.4. The zero-order valence-electron chi connectivity index (χ0n) is 34.5. The topological polar surface area (TPSA) is 164 Å². The van der Waals surface area contributed by atoms with Crippen LogP contribution in [0.3, 0.4) is 0 Å². The summed E-state index contributed by atoms with van der Waals surface area (Å²) in [6.07, 6.45) is 4.31. The molecule has 2 amide bonds. The van der Waals surface area contributed by atoms with E-state index in [1.807, 2.05) is 60.2 Å². The van der Waals surface area contributed by atoms with Gasteiger partial charge in [-0.3, -0.25) is 9.59 Å². The average Bonchev–Trinajstić information content (AvgIpc) is 4.10. The Morgan fingerprint density at radius 2 is 1.82 bits per heavy atom. The molecule has 0 bridgehead atoms. The smallest absolute Gasteiger partial charge is 0.250 e. The summed E-state index contributed by atoms with van der Waals surface area (Å²) in [6.45, 7) is 10.0. The van der Waals surface area contributed by atoms with E-state index in [1.165, 1.54) is 7.11 Å². The number of carbonyl (C=O) groups is 2. The van der Waals surface area contributed by atoms with Gasteiger partial charge in [-0.15, -0.1) is 0 Å². The monoisotopic (exact) mass is 808 g/mol. The quantitative estimate of drug-likeness (QED) is 0.0930. The minimum absolute atomic E-state index is 0.0188. The number of rotatable bonds is 12. The highest BCUT2D eigenvalue weighted by molar-refractivity contribution is 6.07. The first-order valence-corrected chi connectivity index (χ1v) is 20.8. The molecule has 5 heterocycles. The van der Waals surface area contributed by atoms with Crippen molar-refractivity contribution in [2.45, 2.75) is 63.9 Å². The van der Waals surface area contributed by atoms with Crippen molar-refractivity contribution in [3.63, 3.8) is 0 Å².